The summed E-state index contributed by atoms with van der Waals surface area (Å²) in [6, 6.07) is -0.619. The average molecular weight is 817 g/mol. The molecule has 0 aromatic rings. The molecule has 2 unspecified atom stereocenters. The molecule has 0 aliphatic rings. The summed E-state index contributed by atoms with van der Waals surface area (Å²) in [6.07, 6.45) is 48.8. The summed E-state index contributed by atoms with van der Waals surface area (Å²) in [5.41, 5.74) is 0. The second-order valence-electron chi connectivity index (χ2n) is 17.0. The van der Waals surface area contributed by atoms with Gasteiger partial charge in [-0.25, -0.2) is 4.79 Å². The molecule has 58 heavy (non-hydrogen) atoms. The molecule has 0 bridgehead atoms. The number of esters is 2. The summed E-state index contributed by atoms with van der Waals surface area (Å²) in [5, 5.41) is 9.62. The molecule has 8 nitrogen and oxygen atoms in total. The summed E-state index contributed by atoms with van der Waals surface area (Å²) in [7, 11) is 5.52. The van der Waals surface area contributed by atoms with E-state index in [0.29, 0.717) is 19.3 Å². The summed E-state index contributed by atoms with van der Waals surface area (Å²) < 4.78 is 17.3. The van der Waals surface area contributed by atoms with Crippen LogP contribution in [0.3, 0.4) is 0 Å². The van der Waals surface area contributed by atoms with Crippen LogP contribution in [0.2, 0.25) is 0 Å². The lowest BCUT2D eigenvalue weighted by Crippen LogP contribution is -2.50. The third kappa shape index (κ3) is 38.8. The number of likely N-dealkylation sites (N-methyl/N-ethyl adjacent to an activating group) is 1. The molecule has 0 heterocycles. The highest BCUT2D eigenvalue weighted by atomic mass is 16.6. The number of carboxylic acids is 1. The minimum Gasteiger partial charge on any atom is -0.477 e. The zero-order valence-electron chi connectivity index (χ0n) is 38.2. The van der Waals surface area contributed by atoms with E-state index in [4.69, 9.17) is 14.2 Å². The van der Waals surface area contributed by atoms with Gasteiger partial charge in [0.05, 0.1) is 34.4 Å². The van der Waals surface area contributed by atoms with Gasteiger partial charge in [-0.15, -0.1) is 0 Å². The van der Waals surface area contributed by atoms with Crippen molar-refractivity contribution < 1.29 is 38.2 Å². The minimum atomic E-state index is -0.879. The van der Waals surface area contributed by atoms with Crippen LogP contribution < -0.4 is 0 Å². The molecule has 0 aromatic carbocycles. The van der Waals surface area contributed by atoms with E-state index in [1.54, 1.807) is 0 Å². The Balaban J connectivity index is 4.25. The van der Waals surface area contributed by atoms with Crippen molar-refractivity contribution in [1.82, 2.24) is 0 Å². The van der Waals surface area contributed by atoms with E-state index in [9.17, 15) is 19.5 Å². The Morgan fingerprint density at radius 3 is 1.41 bits per heavy atom. The van der Waals surface area contributed by atoms with Crippen molar-refractivity contribution in [2.24, 2.45) is 0 Å². The van der Waals surface area contributed by atoms with E-state index in [1.807, 2.05) is 21.1 Å². The maximum Gasteiger partial charge on any atom is 0.362 e. The molecule has 0 rings (SSSR count). The van der Waals surface area contributed by atoms with Gasteiger partial charge in [-0.05, 0) is 70.6 Å². The number of carboxylic acid groups (broad SMARTS) is 1. The van der Waals surface area contributed by atoms with Crippen molar-refractivity contribution in [1.29, 1.82) is 0 Å². The van der Waals surface area contributed by atoms with Gasteiger partial charge in [0, 0.05) is 19.3 Å². The topological polar surface area (TPSA) is 99.1 Å². The fraction of sp³-hybridized carbons (Fsp3) is 0.780. The van der Waals surface area contributed by atoms with Crippen molar-refractivity contribution in [3.63, 3.8) is 0 Å². The Hall–Kier alpha value is -2.71. The van der Waals surface area contributed by atoms with Crippen LogP contribution in [0, 0.1) is 0 Å². The van der Waals surface area contributed by atoms with Crippen molar-refractivity contribution in [3.05, 3.63) is 48.6 Å². The molecule has 0 spiro atoms. The Bertz CT molecular complexity index is 1090. The number of unbranched alkanes of at least 4 members (excludes halogenated alkanes) is 20. The van der Waals surface area contributed by atoms with E-state index >= 15 is 0 Å². The third-order valence-corrected chi connectivity index (χ3v) is 10.5. The van der Waals surface area contributed by atoms with Crippen molar-refractivity contribution in [3.8, 4) is 0 Å². The van der Waals surface area contributed by atoms with Crippen molar-refractivity contribution in [2.45, 2.75) is 212 Å². The zero-order chi connectivity index (χ0) is 42.8. The Morgan fingerprint density at radius 2 is 0.966 bits per heavy atom. The van der Waals surface area contributed by atoms with Gasteiger partial charge in [0.15, 0.2) is 12.1 Å². The highest BCUT2D eigenvalue weighted by Crippen LogP contribution is 2.14. The molecule has 0 radical (unpaired) electrons. The van der Waals surface area contributed by atoms with Gasteiger partial charge in [-0.2, -0.15) is 0 Å². The molecule has 0 amide bonds. The number of quaternary nitrogens is 1. The first-order valence-electron chi connectivity index (χ1n) is 23.7. The highest BCUT2D eigenvalue weighted by molar-refractivity contribution is 5.72. The molecular formula is C50H90NO7+. The summed E-state index contributed by atoms with van der Waals surface area (Å²) in [5.74, 6) is -1.50. The largest absolute Gasteiger partial charge is 0.477 e. The number of hydrogen-bond donors (Lipinski definition) is 1. The van der Waals surface area contributed by atoms with Crippen LogP contribution in [0.15, 0.2) is 48.6 Å². The molecule has 8 heteroatoms. The predicted molar refractivity (Wildman–Crippen MR) is 243 cm³/mol. The van der Waals surface area contributed by atoms with Crippen LogP contribution in [-0.4, -0.2) is 80.6 Å². The van der Waals surface area contributed by atoms with Gasteiger partial charge >= 0.3 is 17.9 Å². The molecule has 0 saturated carbocycles. The lowest BCUT2D eigenvalue weighted by atomic mass is 10.1. The van der Waals surface area contributed by atoms with Crippen LogP contribution in [0.25, 0.3) is 0 Å². The lowest BCUT2D eigenvalue weighted by Gasteiger charge is -2.31. The van der Waals surface area contributed by atoms with Crippen LogP contribution in [0.4, 0.5) is 0 Å². The summed E-state index contributed by atoms with van der Waals surface area (Å²) in [6.45, 7) is 4.61. The van der Waals surface area contributed by atoms with E-state index < -0.39 is 18.1 Å². The molecule has 0 aliphatic carbocycles. The van der Waals surface area contributed by atoms with Gasteiger partial charge in [0.2, 0.25) is 0 Å². The predicted octanol–water partition coefficient (Wildman–Crippen LogP) is 13.2. The SMILES string of the molecule is CC/C=C/C/C=C/CCCCCCCC(=O)OC(COCCC(C(=O)O)[N+](C)(C)C)COC(=O)CCCCCCCCC/C=C/C/C=C/CCCCCCCCCC. The van der Waals surface area contributed by atoms with Crippen LogP contribution in [-0.2, 0) is 28.6 Å². The number of carbonyl (C=O) groups is 3. The standard InChI is InChI=1S/C50H89NO7/c1-6-8-10-12-14-16-18-20-21-22-23-24-25-26-27-28-29-31-32-34-36-38-40-48(52)57-45-46(44-56-43-42-47(50(54)55)51(3,4)5)58-49(53)41-39-37-35-33-30-19-17-15-13-11-9-7-2/h9,11,15,17,22-23,25-26,46-47H,6-8,10,12-14,16,18-21,24,27-45H2,1-5H3/p+1/b11-9+,17-15+,23-22+,26-25+. The normalized spacial score (nSPS) is 13.3. The first kappa shape index (κ1) is 55.3. The van der Waals surface area contributed by atoms with Gasteiger partial charge in [0.25, 0.3) is 0 Å². The monoisotopic (exact) mass is 817 g/mol. The maximum atomic E-state index is 12.7. The second kappa shape index (κ2) is 41.0. The Kier molecular flexibility index (Phi) is 39.1. The number of nitrogens with zero attached hydrogens (tertiary/aromatic N) is 1. The van der Waals surface area contributed by atoms with Crippen LogP contribution in [0.1, 0.15) is 200 Å². The van der Waals surface area contributed by atoms with Gasteiger partial charge in [-0.3, -0.25) is 9.59 Å². The first-order chi connectivity index (χ1) is 28.1. The van der Waals surface area contributed by atoms with Gasteiger partial charge in [-0.1, -0.05) is 159 Å². The van der Waals surface area contributed by atoms with E-state index in [0.717, 1.165) is 83.5 Å². The summed E-state index contributed by atoms with van der Waals surface area (Å²) >= 11 is 0. The van der Waals surface area contributed by atoms with E-state index in [2.05, 4.69) is 62.5 Å². The number of rotatable bonds is 42. The first-order valence-corrected chi connectivity index (χ1v) is 23.7. The molecular weight excluding hydrogens is 727 g/mol. The molecule has 2 atom stereocenters. The van der Waals surface area contributed by atoms with Gasteiger partial charge in [0.1, 0.15) is 6.61 Å². The smallest absolute Gasteiger partial charge is 0.362 e. The minimum absolute atomic E-state index is 0.0521. The van der Waals surface area contributed by atoms with Crippen molar-refractivity contribution >= 4 is 17.9 Å². The second-order valence-corrected chi connectivity index (χ2v) is 17.0. The number of aliphatic carboxylic acids is 1. The molecule has 1 N–H and O–H groups in total. The van der Waals surface area contributed by atoms with Gasteiger partial charge < -0.3 is 23.8 Å². The maximum absolute atomic E-state index is 12.7. The molecule has 0 fully saturated rings. The number of carbonyl (C=O) groups excluding carboxylic acids is 2. The molecule has 0 aromatic heterocycles. The number of ether oxygens (including phenoxy) is 3. The van der Waals surface area contributed by atoms with Crippen LogP contribution >= 0.6 is 0 Å². The fourth-order valence-corrected chi connectivity index (χ4v) is 6.81. The Labute approximate surface area is 356 Å². The Morgan fingerprint density at radius 1 is 0.534 bits per heavy atom. The molecule has 0 aliphatic heterocycles. The third-order valence-electron chi connectivity index (χ3n) is 10.5. The van der Waals surface area contributed by atoms with E-state index in [-0.39, 0.29) is 36.2 Å². The quantitative estimate of drug-likeness (QED) is 0.0283. The zero-order valence-corrected chi connectivity index (χ0v) is 38.2. The number of allylic oxidation sites excluding steroid dienone is 8. The van der Waals surface area contributed by atoms with Crippen molar-refractivity contribution in [2.75, 3.05) is 41.0 Å². The molecule has 336 valence electrons. The fourth-order valence-electron chi connectivity index (χ4n) is 6.81. The van der Waals surface area contributed by atoms with E-state index in [1.165, 1.54) is 83.5 Å². The van der Waals surface area contributed by atoms with Crippen LogP contribution in [0.5, 0.6) is 0 Å². The lowest BCUT2D eigenvalue weighted by molar-refractivity contribution is -0.887. The average Bonchev–Trinajstić information content (AvgIpc) is 3.18. The highest BCUT2D eigenvalue weighted by Gasteiger charge is 2.31. The number of hydrogen-bond acceptors (Lipinski definition) is 6. The molecule has 0 saturated heterocycles. The summed E-state index contributed by atoms with van der Waals surface area (Å²) in [4.78, 5) is 37.0.